The van der Waals surface area contributed by atoms with Gasteiger partial charge in [0.1, 0.15) is 0 Å². The summed E-state index contributed by atoms with van der Waals surface area (Å²) in [4.78, 5) is 12.9. The van der Waals surface area contributed by atoms with Crippen LogP contribution in [-0.2, 0) is 0 Å². The standard InChI is InChI=1S/C11H14INOS/c1-7(2)13-11(14)9-5-4-8(3)10(6-9)15-12/h4-7H,1-3H3,(H,13,14). The quantitative estimate of drug-likeness (QED) is 0.856. The highest BCUT2D eigenvalue weighted by atomic mass is 127. The summed E-state index contributed by atoms with van der Waals surface area (Å²) < 4.78 is 0. The van der Waals surface area contributed by atoms with E-state index in [1.54, 1.807) is 8.93 Å². The van der Waals surface area contributed by atoms with Crippen LogP contribution in [0.3, 0.4) is 0 Å². The number of rotatable bonds is 3. The van der Waals surface area contributed by atoms with Crippen molar-refractivity contribution < 1.29 is 4.79 Å². The van der Waals surface area contributed by atoms with Crippen LogP contribution in [0.25, 0.3) is 0 Å². The Bertz CT molecular complexity index is 366. The molecule has 1 N–H and O–H groups in total. The molecule has 0 fully saturated rings. The Hall–Kier alpha value is -0.230. The molecule has 0 aliphatic carbocycles. The summed E-state index contributed by atoms with van der Waals surface area (Å²) in [6, 6.07) is 5.96. The molecule has 0 saturated carbocycles. The van der Waals surface area contributed by atoms with Gasteiger partial charge >= 0.3 is 0 Å². The molecule has 0 aliphatic heterocycles. The van der Waals surface area contributed by atoms with Crippen molar-refractivity contribution in [3.63, 3.8) is 0 Å². The fourth-order valence-corrected chi connectivity index (χ4v) is 2.95. The Balaban J connectivity index is 2.91. The molecule has 1 rings (SSSR count). The molecule has 1 amide bonds. The Kier molecular flexibility index (Phi) is 4.92. The predicted octanol–water partition coefficient (Wildman–Crippen LogP) is 3.58. The molecule has 15 heavy (non-hydrogen) atoms. The first-order valence-electron chi connectivity index (χ1n) is 4.74. The molecular weight excluding hydrogens is 321 g/mol. The van der Waals surface area contributed by atoms with Crippen molar-refractivity contribution in [2.45, 2.75) is 31.7 Å². The van der Waals surface area contributed by atoms with E-state index in [4.69, 9.17) is 0 Å². The maximum Gasteiger partial charge on any atom is 0.251 e. The number of benzene rings is 1. The summed E-state index contributed by atoms with van der Waals surface area (Å²) in [5.74, 6) is -0.00306. The van der Waals surface area contributed by atoms with E-state index in [-0.39, 0.29) is 11.9 Å². The topological polar surface area (TPSA) is 29.1 Å². The van der Waals surface area contributed by atoms with E-state index in [1.807, 2.05) is 39.0 Å². The zero-order valence-electron chi connectivity index (χ0n) is 9.00. The van der Waals surface area contributed by atoms with E-state index in [9.17, 15) is 4.79 Å². The molecule has 0 bridgehead atoms. The van der Waals surface area contributed by atoms with Gasteiger partial charge in [-0.2, -0.15) is 0 Å². The van der Waals surface area contributed by atoms with Crippen molar-refractivity contribution in [2.75, 3.05) is 0 Å². The third kappa shape index (κ3) is 3.68. The van der Waals surface area contributed by atoms with Gasteiger partial charge in [0.05, 0.1) is 0 Å². The number of carbonyl (C=O) groups excluding carboxylic acids is 1. The SMILES string of the molecule is Cc1ccc(C(=O)NC(C)C)cc1SI. The minimum Gasteiger partial charge on any atom is -0.350 e. The van der Waals surface area contributed by atoms with Crippen LogP contribution in [-0.4, -0.2) is 11.9 Å². The highest BCUT2D eigenvalue weighted by Crippen LogP contribution is 2.29. The zero-order valence-corrected chi connectivity index (χ0v) is 12.0. The van der Waals surface area contributed by atoms with Gasteiger partial charge in [-0.1, -0.05) is 15.0 Å². The third-order valence-corrected chi connectivity index (χ3v) is 3.98. The number of amides is 1. The number of carbonyl (C=O) groups is 1. The highest BCUT2D eigenvalue weighted by Gasteiger charge is 2.08. The van der Waals surface area contributed by atoms with E-state index in [0.717, 1.165) is 10.5 Å². The van der Waals surface area contributed by atoms with Crippen LogP contribution in [0, 0.1) is 6.92 Å². The maximum absolute atomic E-state index is 11.7. The summed E-state index contributed by atoms with van der Waals surface area (Å²) >= 11 is 2.23. The molecule has 0 unspecified atom stereocenters. The van der Waals surface area contributed by atoms with Crippen LogP contribution in [0.5, 0.6) is 0 Å². The van der Waals surface area contributed by atoms with Crippen LogP contribution in [0.1, 0.15) is 29.8 Å². The maximum atomic E-state index is 11.7. The number of aryl methyl sites for hydroxylation is 1. The van der Waals surface area contributed by atoms with Crippen molar-refractivity contribution in [1.29, 1.82) is 0 Å². The van der Waals surface area contributed by atoms with Crippen LogP contribution in [0.2, 0.25) is 0 Å². The fourth-order valence-electron chi connectivity index (χ4n) is 1.17. The number of nitrogens with one attached hydrogen (secondary N) is 1. The first-order valence-corrected chi connectivity index (χ1v) is 8.10. The molecule has 82 valence electrons. The Labute approximate surface area is 107 Å². The van der Waals surface area contributed by atoms with Gasteiger partial charge < -0.3 is 5.32 Å². The molecule has 0 heterocycles. The van der Waals surface area contributed by atoms with Gasteiger partial charge in [-0.25, -0.2) is 0 Å². The van der Waals surface area contributed by atoms with Crippen LogP contribution in [0.4, 0.5) is 0 Å². The molecule has 2 nitrogen and oxygen atoms in total. The Morgan fingerprint density at radius 1 is 1.47 bits per heavy atom. The largest absolute Gasteiger partial charge is 0.350 e. The summed E-state index contributed by atoms with van der Waals surface area (Å²) in [6.07, 6.45) is 0. The molecular formula is C11H14INOS. The summed E-state index contributed by atoms with van der Waals surface area (Å²) in [7, 11) is 1.64. The van der Waals surface area contributed by atoms with Gasteiger partial charge in [0.15, 0.2) is 0 Å². The summed E-state index contributed by atoms with van der Waals surface area (Å²) in [6.45, 7) is 5.96. The lowest BCUT2D eigenvalue weighted by Gasteiger charge is -2.09. The lowest BCUT2D eigenvalue weighted by molar-refractivity contribution is 0.0943. The van der Waals surface area contributed by atoms with Gasteiger partial charge in [-0.3, -0.25) is 4.79 Å². The second-order valence-corrected chi connectivity index (χ2v) is 5.60. The van der Waals surface area contributed by atoms with Crippen molar-refractivity contribution in [3.05, 3.63) is 29.3 Å². The predicted molar refractivity (Wildman–Crippen MR) is 73.7 cm³/mol. The van der Waals surface area contributed by atoms with E-state index in [1.165, 1.54) is 5.56 Å². The number of hydrogen-bond donors (Lipinski definition) is 1. The molecule has 0 spiro atoms. The fraction of sp³-hybridized carbons (Fsp3) is 0.364. The molecule has 0 aromatic heterocycles. The lowest BCUT2D eigenvalue weighted by atomic mass is 10.1. The second kappa shape index (κ2) is 5.75. The minimum absolute atomic E-state index is 0.00306. The zero-order chi connectivity index (χ0) is 11.4. The molecule has 1 aromatic rings. The first kappa shape index (κ1) is 12.8. The van der Waals surface area contributed by atoms with Gasteiger partial charge in [0.25, 0.3) is 5.91 Å². The molecule has 0 atom stereocenters. The smallest absolute Gasteiger partial charge is 0.251 e. The van der Waals surface area contributed by atoms with E-state index in [2.05, 4.69) is 26.5 Å². The van der Waals surface area contributed by atoms with Gasteiger partial charge in [0.2, 0.25) is 0 Å². The van der Waals surface area contributed by atoms with Gasteiger partial charge in [-0.15, -0.1) is 0 Å². The van der Waals surface area contributed by atoms with Crippen LogP contribution < -0.4 is 5.32 Å². The number of halogens is 1. The molecule has 0 saturated heterocycles. The van der Waals surface area contributed by atoms with Crippen molar-refractivity contribution in [1.82, 2.24) is 5.32 Å². The average Bonchev–Trinajstić information content (AvgIpc) is 2.17. The van der Waals surface area contributed by atoms with Crippen molar-refractivity contribution >= 4 is 36.0 Å². The second-order valence-electron chi connectivity index (χ2n) is 3.69. The Morgan fingerprint density at radius 3 is 2.67 bits per heavy atom. The van der Waals surface area contributed by atoms with Gasteiger partial charge in [0, 0.05) is 37.7 Å². The highest BCUT2D eigenvalue weighted by molar-refractivity contribution is 14.2. The molecule has 4 heteroatoms. The number of hydrogen-bond acceptors (Lipinski definition) is 2. The molecule has 0 aliphatic rings. The minimum atomic E-state index is -0.00306. The normalized spacial score (nSPS) is 10.5. The van der Waals surface area contributed by atoms with Gasteiger partial charge in [-0.05, 0) is 38.5 Å². The first-order chi connectivity index (χ1) is 7.04. The average molecular weight is 335 g/mol. The van der Waals surface area contributed by atoms with Crippen molar-refractivity contribution in [2.24, 2.45) is 0 Å². The van der Waals surface area contributed by atoms with E-state index in [0.29, 0.717) is 0 Å². The summed E-state index contributed by atoms with van der Waals surface area (Å²) in [5.41, 5.74) is 1.93. The van der Waals surface area contributed by atoms with E-state index < -0.39 is 0 Å². The lowest BCUT2D eigenvalue weighted by Crippen LogP contribution is -2.30. The third-order valence-electron chi connectivity index (χ3n) is 1.95. The summed E-state index contributed by atoms with van der Waals surface area (Å²) in [5, 5.41) is 2.88. The molecule has 1 aromatic carbocycles. The Morgan fingerprint density at radius 2 is 2.13 bits per heavy atom. The van der Waals surface area contributed by atoms with E-state index >= 15 is 0 Å². The van der Waals surface area contributed by atoms with Crippen LogP contribution >= 0.6 is 30.1 Å². The van der Waals surface area contributed by atoms with Crippen LogP contribution in [0.15, 0.2) is 23.1 Å². The van der Waals surface area contributed by atoms with Crippen molar-refractivity contribution in [3.8, 4) is 0 Å². The molecule has 0 radical (unpaired) electrons. The monoisotopic (exact) mass is 335 g/mol.